The number of ether oxygens (including phenoxy) is 1. The van der Waals surface area contributed by atoms with Gasteiger partial charge >= 0.3 is 0 Å². The summed E-state index contributed by atoms with van der Waals surface area (Å²) in [5.41, 5.74) is 6.06. The lowest BCUT2D eigenvalue weighted by Crippen LogP contribution is -2.53. The third kappa shape index (κ3) is 7.22. The first kappa shape index (κ1) is 22.3. The van der Waals surface area contributed by atoms with Gasteiger partial charge in [0, 0.05) is 29.8 Å². The summed E-state index contributed by atoms with van der Waals surface area (Å²) >= 11 is 0. The molecule has 0 aromatic heterocycles. The summed E-state index contributed by atoms with van der Waals surface area (Å²) in [5.74, 6) is 0.956. The first-order chi connectivity index (χ1) is 11.8. The van der Waals surface area contributed by atoms with Gasteiger partial charge in [-0.1, -0.05) is 19.9 Å². The molecule has 1 aliphatic carbocycles. The fourth-order valence-corrected chi connectivity index (χ4v) is 2.86. The van der Waals surface area contributed by atoms with E-state index in [1.165, 1.54) is 0 Å². The quantitative estimate of drug-likeness (QED) is 0.611. The molecular weight excluding hydrogens is 354 g/mol. The highest BCUT2D eigenvalue weighted by molar-refractivity contribution is 5.94. The van der Waals surface area contributed by atoms with Crippen LogP contribution < -0.4 is 21.1 Å². The van der Waals surface area contributed by atoms with Gasteiger partial charge in [-0.2, -0.15) is 0 Å². The highest BCUT2D eigenvalue weighted by atomic mass is 35.5. The van der Waals surface area contributed by atoms with Crippen LogP contribution in [0.2, 0.25) is 0 Å². The molecule has 146 valence electrons. The molecule has 1 fully saturated rings. The Hall–Kier alpha value is -1.79. The number of amides is 2. The smallest absolute Gasteiger partial charge is 0.258 e. The largest absolute Gasteiger partial charge is 0.484 e. The zero-order chi connectivity index (χ0) is 18.4. The van der Waals surface area contributed by atoms with E-state index in [0.29, 0.717) is 23.9 Å². The number of hydrogen-bond donors (Lipinski definition) is 3. The van der Waals surface area contributed by atoms with Crippen LogP contribution in [0.15, 0.2) is 24.3 Å². The fourth-order valence-electron chi connectivity index (χ4n) is 2.86. The molecule has 4 N–H and O–H groups in total. The van der Waals surface area contributed by atoms with E-state index in [4.69, 9.17) is 10.5 Å². The Labute approximate surface area is 161 Å². The second-order valence-electron chi connectivity index (χ2n) is 7.49. The molecular formula is C19H30ClN3O3. The van der Waals surface area contributed by atoms with Crippen molar-refractivity contribution in [3.05, 3.63) is 24.3 Å². The number of carbonyl (C=O) groups is 2. The van der Waals surface area contributed by atoms with E-state index >= 15 is 0 Å². The van der Waals surface area contributed by atoms with Crippen LogP contribution in [-0.4, -0.2) is 30.5 Å². The summed E-state index contributed by atoms with van der Waals surface area (Å²) in [6, 6.07) is 7.08. The summed E-state index contributed by atoms with van der Waals surface area (Å²) in [5, 5.41) is 5.82. The predicted molar refractivity (Wildman–Crippen MR) is 106 cm³/mol. The Kier molecular flexibility index (Phi) is 8.37. The highest BCUT2D eigenvalue weighted by Crippen LogP contribution is 2.30. The molecule has 1 aliphatic rings. The number of anilines is 1. The molecule has 1 saturated carbocycles. The summed E-state index contributed by atoms with van der Waals surface area (Å²) in [7, 11) is 0. The number of nitrogens with two attached hydrogens (primary N) is 1. The van der Waals surface area contributed by atoms with E-state index in [9.17, 15) is 9.59 Å². The van der Waals surface area contributed by atoms with E-state index in [1.54, 1.807) is 24.3 Å². The van der Waals surface area contributed by atoms with Crippen LogP contribution in [-0.2, 0) is 9.59 Å². The molecule has 1 aromatic rings. The van der Waals surface area contributed by atoms with Gasteiger partial charge in [0.1, 0.15) is 5.75 Å². The molecule has 0 aliphatic heterocycles. The van der Waals surface area contributed by atoms with Gasteiger partial charge in [0.15, 0.2) is 6.61 Å². The Bertz CT molecular complexity index is 620. The Morgan fingerprint density at radius 3 is 2.62 bits per heavy atom. The Balaban J connectivity index is 0.00000338. The van der Waals surface area contributed by atoms with Crippen molar-refractivity contribution in [3.8, 4) is 5.75 Å². The third-order valence-corrected chi connectivity index (χ3v) is 4.17. The molecule has 0 spiro atoms. The van der Waals surface area contributed by atoms with E-state index in [0.717, 1.165) is 19.3 Å². The van der Waals surface area contributed by atoms with Crippen LogP contribution in [0.1, 0.15) is 40.0 Å². The summed E-state index contributed by atoms with van der Waals surface area (Å²) in [6.07, 6.45) is 2.72. The van der Waals surface area contributed by atoms with Crippen molar-refractivity contribution in [1.29, 1.82) is 0 Å². The number of hydrogen-bond acceptors (Lipinski definition) is 4. The Morgan fingerprint density at radius 2 is 2.04 bits per heavy atom. The number of benzene rings is 1. The zero-order valence-electron chi connectivity index (χ0n) is 15.7. The van der Waals surface area contributed by atoms with E-state index in [-0.39, 0.29) is 36.7 Å². The van der Waals surface area contributed by atoms with Crippen molar-refractivity contribution in [2.24, 2.45) is 17.6 Å². The van der Waals surface area contributed by atoms with Gasteiger partial charge in [0.05, 0.1) is 0 Å². The van der Waals surface area contributed by atoms with Crippen LogP contribution >= 0.6 is 12.4 Å². The maximum Gasteiger partial charge on any atom is 0.258 e. The van der Waals surface area contributed by atoms with Crippen molar-refractivity contribution in [3.63, 3.8) is 0 Å². The summed E-state index contributed by atoms with van der Waals surface area (Å²) in [4.78, 5) is 24.0. The lowest BCUT2D eigenvalue weighted by Gasteiger charge is -2.31. The molecule has 2 rings (SSSR count). The molecule has 1 unspecified atom stereocenters. The summed E-state index contributed by atoms with van der Waals surface area (Å²) in [6.45, 7) is 6.42. The first-order valence-corrected chi connectivity index (χ1v) is 8.86. The second-order valence-corrected chi connectivity index (χ2v) is 7.49. The van der Waals surface area contributed by atoms with Crippen molar-refractivity contribution >= 4 is 29.9 Å². The average molecular weight is 384 g/mol. The third-order valence-electron chi connectivity index (χ3n) is 4.17. The van der Waals surface area contributed by atoms with E-state index in [1.807, 2.05) is 6.92 Å². The molecule has 0 radical (unpaired) electrons. The minimum absolute atomic E-state index is 0. The van der Waals surface area contributed by atoms with E-state index < -0.39 is 5.54 Å². The molecule has 0 saturated heterocycles. The van der Waals surface area contributed by atoms with Gasteiger partial charge in [-0.15, -0.1) is 12.4 Å². The van der Waals surface area contributed by atoms with Gasteiger partial charge < -0.3 is 21.1 Å². The standard InChI is InChI=1S/C19H29N3O3.ClH/c1-13(2)10-19(3,12-20)22-17(23)11-25-16-6-4-5-15(9-16)21-18(24)14-7-8-14;/h4-6,9,13-14H,7-8,10-12,20H2,1-3H3,(H,21,24)(H,22,23);1H. The maximum absolute atomic E-state index is 12.2. The number of rotatable bonds is 9. The molecule has 26 heavy (non-hydrogen) atoms. The van der Waals surface area contributed by atoms with Crippen LogP contribution in [0.25, 0.3) is 0 Å². The number of halogens is 1. The van der Waals surface area contributed by atoms with Gasteiger partial charge in [-0.05, 0) is 44.2 Å². The lowest BCUT2D eigenvalue weighted by atomic mass is 9.91. The van der Waals surface area contributed by atoms with Crippen LogP contribution in [0.3, 0.4) is 0 Å². The molecule has 1 aromatic carbocycles. The zero-order valence-corrected chi connectivity index (χ0v) is 16.5. The first-order valence-electron chi connectivity index (χ1n) is 8.86. The van der Waals surface area contributed by atoms with Crippen LogP contribution in [0.5, 0.6) is 5.75 Å². The average Bonchev–Trinajstić information content (AvgIpc) is 3.37. The molecule has 0 bridgehead atoms. The molecule has 2 amide bonds. The van der Waals surface area contributed by atoms with Crippen LogP contribution in [0, 0.1) is 11.8 Å². The van der Waals surface area contributed by atoms with Gasteiger partial charge in [0.25, 0.3) is 5.91 Å². The summed E-state index contributed by atoms with van der Waals surface area (Å²) < 4.78 is 5.56. The molecule has 6 nitrogen and oxygen atoms in total. The Morgan fingerprint density at radius 1 is 1.35 bits per heavy atom. The minimum atomic E-state index is -0.436. The van der Waals surface area contributed by atoms with Gasteiger partial charge in [-0.25, -0.2) is 0 Å². The molecule has 7 heteroatoms. The van der Waals surface area contributed by atoms with E-state index in [2.05, 4.69) is 24.5 Å². The van der Waals surface area contributed by atoms with Crippen molar-refractivity contribution in [2.45, 2.75) is 45.6 Å². The number of nitrogens with one attached hydrogen (secondary N) is 2. The predicted octanol–water partition coefficient (Wildman–Crippen LogP) is 2.72. The topological polar surface area (TPSA) is 93.4 Å². The second kappa shape index (κ2) is 9.78. The molecule has 0 heterocycles. The number of carbonyl (C=O) groups excluding carboxylic acids is 2. The SMILES string of the molecule is CC(C)CC(C)(CN)NC(=O)COc1cccc(NC(=O)C2CC2)c1.Cl. The highest BCUT2D eigenvalue weighted by Gasteiger charge is 2.29. The fraction of sp³-hybridized carbons (Fsp3) is 0.579. The van der Waals surface area contributed by atoms with Crippen LogP contribution in [0.4, 0.5) is 5.69 Å². The lowest BCUT2D eigenvalue weighted by molar-refractivity contribution is -0.125. The van der Waals surface area contributed by atoms with Gasteiger partial charge in [0.2, 0.25) is 5.91 Å². The molecule has 1 atom stereocenters. The maximum atomic E-state index is 12.2. The normalized spacial score (nSPS) is 15.6. The minimum Gasteiger partial charge on any atom is -0.484 e. The van der Waals surface area contributed by atoms with Crippen molar-refractivity contribution in [1.82, 2.24) is 5.32 Å². The van der Waals surface area contributed by atoms with Gasteiger partial charge in [-0.3, -0.25) is 9.59 Å². The van der Waals surface area contributed by atoms with Crippen molar-refractivity contribution < 1.29 is 14.3 Å². The van der Waals surface area contributed by atoms with Crippen molar-refractivity contribution in [2.75, 3.05) is 18.5 Å². The monoisotopic (exact) mass is 383 g/mol.